The number of hydrogen-bond donors (Lipinski definition) is 0. The summed E-state index contributed by atoms with van der Waals surface area (Å²) in [7, 11) is 2.87. The highest BCUT2D eigenvalue weighted by atomic mass is 16.5. The molecule has 1 aromatic carbocycles. The number of benzene rings is 1. The van der Waals surface area contributed by atoms with E-state index in [1.807, 2.05) is 31.2 Å². The molecule has 0 atom stereocenters. The molecule has 0 aliphatic heterocycles. The summed E-state index contributed by atoms with van der Waals surface area (Å²) in [5.41, 5.74) is 1.94. The molecule has 3 heteroatoms. The Morgan fingerprint density at radius 1 is 1.20 bits per heavy atom. The molecule has 0 fully saturated rings. The summed E-state index contributed by atoms with van der Waals surface area (Å²) in [6, 6.07) is 7.68. The average molecular weight is 206 g/mol. The predicted octanol–water partition coefficient (Wildman–Crippen LogP) is 2.16. The minimum atomic E-state index is -0.421. The van der Waals surface area contributed by atoms with Crippen molar-refractivity contribution in [1.82, 2.24) is 0 Å². The summed E-state index contributed by atoms with van der Waals surface area (Å²) in [6.45, 7) is 1.96. The fourth-order valence-corrected chi connectivity index (χ4v) is 1.26. The summed E-state index contributed by atoms with van der Waals surface area (Å²) >= 11 is 0. The first-order valence-electron chi connectivity index (χ1n) is 4.58. The van der Waals surface area contributed by atoms with E-state index in [4.69, 9.17) is 4.74 Å². The zero-order chi connectivity index (χ0) is 11.3. The van der Waals surface area contributed by atoms with Crippen molar-refractivity contribution in [3.8, 4) is 0 Å². The van der Waals surface area contributed by atoms with Gasteiger partial charge >= 0.3 is 5.97 Å². The molecule has 0 aromatic heterocycles. The van der Waals surface area contributed by atoms with Gasteiger partial charge in [0.1, 0.15) is 5.76 Å². The van der Waals surface area contributed by atoms with Gasteiger partial charge < -0.3 is 9.47 Å². The van der Waals surface area contributed by atoms with E-state index < -0.39 is 5.97 Å². The molecular formula is C12H14O3. The Morgan fingerprint density at radius 2 is 1.87 bits per heavy atom. The Morgan fingerprint density at radius 3 is 2.40 bits per heavy atom. The van der Waals surface area contributed by atoms with E-state index in [1.54, 1.807) is 0 Å². The van der Waals surface area contributed by atoms with Gasteiger partial charge in [0.2, 0.25) is 0 Å². The van der Waals surface area contributed by atoms with Gasteiger partial charge in [0.05, 0.1) is 20.3 Å². The van der Waals surface area contributed by atoms with Crippen molar-refractivity contribution in [2.24, 2.45) is 0 Å². The molecule has 3 nitrogen and oxygen atoms in total. The van der Waals surface area contributed by atoms with E-state index in [2.05, 4.69) is 4.74 Å². The molecule has 0 radical (unpaired) electrons. The van der Waals surface area contributed by atoms with Crippen LogP contribution >= 0.6 is 0 Å². The first-order valence-corrected chi connectivity index (χ1v) is 4.58. The van der Waals surface area contributed by atoms with Crippen LogP contribution in [0.4, 0.5) is 0 Å². The first kappa shape index (κ1) is 11.3. The molecule has 0 aliphatic rings. The van der Waals surface area contributed by atoms with Crippen LogP contribution in [0, 0.1) is 6.92 Å². The number of esters is 1. The highest BCUT2D eigenvalue weighted by Crippen LogP contribution is 2.18. The Labute approximate surface area is 89.3 Å². The monoisotopic (exact) mass is 206 g/mol. The lowest BCUT2D eigenvalue weighted by atomic mass is 10.1. The SMILES string of the molecule is COC(=O)/C=C(/OC)c1ccccc1C. The van der Waals surface area contributed by atoms with Crippen LogP contribution in [-0.2, 0) is 14.3 Å². The molecule has 0 bridgehead atoms. The zero-order valence-corrected chi connectivity index (χ0v) is 9.11. The van der Waals surface area contributed by atoms with Crippen molar-refractivity contribution in [2.45, 2.75) is 6.92 Å². The normalized spacial score (nSPS) is 11.0. The highest BCUT2D eigenvalue weighted by molar-refractivity contribution is 5.90. The van der Waals surface area contributed by atoms with Gasteiger partial charge in [0.15, 0.2) is 0 Å². The van der Waals surface area contributed by atoms with E-state index >= 15 is 0 Å². The number of ether oxygens (including phenoxy) is 2. The third kappa shape index (κ3) is 2.84. The lowest BCUT2D eigenvalue weighted by Gasteiger charge is -2.08. The number of aryl methyl sites for hydroxylation is 1. The van der Waals surface area contributed by atoms with E-state index in [0.29, 0.717) is 5.76 Å². The number of hydrogen-bond acceptors (Lipinski definition) is 3. The number of carbonyl (C=O) groups is 1. The van der Waals surface area contributed by atoms with Gasteiger partial charge in [-0.2, -0.15) is 0 Å². The van der Waals surface area contributed by atoms with E-state index in [0.717, 1.165) is 11.1 Å². The maximum Gasteiger partial charge on any atom is 0.334 e. The van der Waals surface area contributed by atoms with Gasteiger partial charge in [-0.3, -0.25) is 0 Å². The highest BCUT2D eigenvalue weighted by Gasteiger charge is 2.07. The molecule has 0 unspecified atom stereocenters. The van der Waals surface area contributed by atoms with Crippen molar-refractivity contribution >= 4 is 11.7 Å². The standard InChI is InChI=1S/C12H14O3/c1-9-6-4-5-7-10(9)11(14-2)8-12(13)15-3/h4-8H,1-3H3/b11-8+. The molecule has 0 aliphatic carbocycles. The van der Waals surface area contributed by atoms with Crippen molar-refractivity contribution in [1.29, 1.82) is 0 Å². The van der Waals surface area contributed by atoms with Crippen molar-refractivity contribution < 1.29 is 14.3 Å². The Balaban J connectivity index is 3.08. The molecule has 0 amide bonds. The number of carbonyl (C=O) groups excluding carboxylic acids is 1. The summed E-state index contributed by atoms with van der Waals surface area (Å²) in [5.74, 6) is 0.0926. The smallest absolute Gasteiger partial charge is 0.334 e. The van der Waals surface area contributed by atoms with Gasteiger partial charge in [-0.1, -0.05) is 24.3 Å². The third-order valence-electron chi connectivity index (χ3n) is 2.08. The topological polar surface area (TPSA) is 35.5 Å². The van der Waals surface area contributed by atoms with Crippen LogP contribution in [0.15, 0.2) is 30.3 Å². The van der Waals surface area contributed by atoms with Crippen LogP contribution in [0.3, 0.4) is 0 Å². The largest absolute Gasteiger partial charge is 0.496 e. The number of rotatable bonds is 3. The van der Waals surface area contributed by atoms with Crippen LogP contribution < -0.4 is 0 Å². The maximum atomic E-state index is 11.1. The maximum absolute atomic E-state index is 11.1. The minimum Gasteiger partial charge on any atom is -0.496 e. The zero-order valence-electron chi connectivity index (χ0n) is 9.11. The van der Waals surface area contributed by atoms with Crippen LogP contribution in [0.25, 0.3) is 5.76 Å². The fraction of sp³-hybridized carbons (Fsp3) is 0.250. The minimum absolute atomic E-state index is 0.421. The molecule has 0 saturated carbocycles. The van der Waals surface area contributed by atoms with Crippen LogP contribution in [0.5, 0.6) is 0 Å². The summed E-state index contributed by atoms with van der Waals surface area (Å²) in [6.07, 6.45) is 1.34. The van der Waals surface area contributed by atoms with E-state index in [1.165, 1.54) is 20.3 Å². The molecule has 0 heterocycles. The molecule has 1 aromatic rings. The lowest BCUT2D eigenvalue weighted by Crippen LogP contribution is -1.99. The van der Waals surface area contributed by atoms with Crippen LogP contribution in [0.2, 0.25) is 0 Å². The van der Waals surface area contributed by atoms with Crippen LogP contribution in [0.1, 0.15) is 11.1 Å². The Hall–Kier alpha value is -1.77. The molecule has 0 spiro atoms. The van der Waals surface area contributed by atoms with Crippen molar-refractivity contribution in [3.05, 3.63) is 41.5 Å². The summed E-state index contributed by atoms with van der Waals surface area (Å²) < 4.78 is 9.70. The molecule has 80 valence electrons. The second-order valence-electron chi connectivity index (χ2n) is 3.05. The van der Waals surface area contributed by atoms with Gasteiger partial charge in [-0.25, -0.2) is 4.79 Å². The van der Waals surface area contributed by atoms with Gasteiger partial charge in [0, 0.05) is 5.56 Å². The Bertz CT molecular complexity index is 380. The van der Waals surface area contributed by atoms with Crippen molar-refractivity contribution in [3.63, 3.8) is 0 Å². The molecular weight excluding hydrogens is 192 g/mol. The molecule has 0 N–H and O–H groups in total. The third-order valence-corrected chi connectivity index (χ3v) is 2.08. The molecule has 1 rings (SSSR count). The van der Waals surface area contributed by atoms with E-state index in [9.17, 15) is 4.79 Å². The Kier molecular flexibility index (Phi) is 3.92. The van der Waals surface area contributed by atoms with Crippen molar-refractivity contribution in [2.75, 3.05) is 14.2 Å². The second-order valence-corrected chi connectivity index (χ2v) is 3.05. The summed E-state index contributed by atoms with van der Waals surface area (Å²) in [4.78, 5) is 11.1. The van der Waals surface area contributed by atoms with E-state index in [-0.39, 0.29) is 0 Å². The lowest BCUT2D eigenvalue weighted by molar-refractivity contribution is -0.134. The average Bonchev–Trinajstić information content (AvgIpc) is 2.26. The second kappa shape index (κ2) is 5.20. The van der Waals surface area contributed by atoms with Crippen LogP contribution in [-0.4, -0.2) is 20.2 Å². The van der Waals surface area contributed by atoms with Gasteiger partial charge in [-0.05, 0) is 12.5 Å². The summed E-state index contributed by atoms with van der Waals surface area (Å²) in [5, 5.41) is 0. The predicted molar refractivity (Wildman–Crippen MR) is 58.2 cm³/mol. The van der Waals surface area contributed by atoms with Gasteiger partial charge in [0.25, 0.3) is 0 Å². The number of methoxy groups -OCH3 is 2. The fourth-order valence-electron chi connectivity index (χ4n) is 1.26. The quantitative estimate of drug-likeness (QED) is 0.432. The first-order chi connectivity index (χ1) is 7.19. The molecule has 15 heavy (non-hydrogen) atoms. The molecule has 0 saturated heterocycles. The van der Waals surface area contributed by atoms with Gasteiger partial charge in [-0.15, -0.1) is 0 Å².